The summed E-state index contributed by atoms with van der Waals surface area (Å²) >= 11 is 0. The van der Waals surface area contributed by atoms with Crippen molar-refractivity contribution < 1.29 is 6.22 Å². The van der Waals surface area contributed by atoms with Crippen molar-refractivity contribution >= 4 is 6.41 Å². The van der Waals surface area contributed by atoms with Gasteiger partial charge in [-0.15, -0.1) is 0 Å². The maximum atomic E-state index is 9.95. The summed E-state index contributed by atoms with van der Waals surface area (Å²) in [5.41, 5.74) is 0. The van der Waals surface area contributed by atoms with Gasteiger partial charge in [0.25, 0.3) is 0 Å². The third-order valence-electron chi connectivity index (χ3n) is 2.76. The van der Waals surface area contributed by atoms with Crippen LogP contribution in [0, 0.1) is 0 Å². The first-order chi connectivity index (χ1) is 7.41. The Kier molecular flexibility index (Phi) is 13.0. The van der Waals surface area contributed by atoms with Crippen LogP contribution in [0.15, 0.2) is 0 Å². The van der Waals surface area contributed by atoms with Crippen molar-refractivity contribution in [1.82, 2.24) is 5.32 Å². The summed E-state index contributed by atoms with van der Waals surface area (Å²) in [4.78, 5) is 9.95. The molecular weight excluding hydrogens is 186 g/mol. The van der Waals surface area contributed by atoms with E-state index < -0.39 is 0 Å². The Labute approximate surface area is 96.3 Å². The van der Waals surface area contributed by atoms with Crippen molar-refractivity contribution in [3.05, 3.63) is 0 Å². The van der Waals surface area contributed by atoms with Gasteiger partial charge in [-0.1, -0.05) is 64.7 Å². The first-order valence-electron chi connectivity index (χ1n) is 6.59. The molecule has 92 valence electrons. The SMILES string of the molecule is CCCCCCCCCCCCNC=O.[HH]. The summed E-state index contributed by atoms with van der Waals surface area (Å²) in [7, 11) is 0. The van der Waals surface area contributed by atoms with Crippen molar-refractivity contribution in [1.29, 1.82) is 0 Å². The number of unbranched alkanes of at least 4 members (excludes halogenated alkanes) is 9. The lowest BCUT2D eigenvalue weighted by molar-refractivity contribution is -0.109. The summed E-state index contributed by atoms with van der Waals surface area (Å²) in [6.45, 7) is 3.10. The molecule has 0 unspecified atom stereocenters. The first kappa shape index (κ1) is 14.5. The minimum atomic E-state index is 0. The maximum absolute atomic E-state index is 9.95. The van der Waals surface area contributed by atoms with Crippen molar-refractivity contribution in [2.24, 2.45) is 0 Å². The second-order valence-corrected chi connectivity index (χ2v) is 4.25. The van der Waals surface area contributed by atoms with Gasteiger partial charge >= 0.3 is 0 Å². The van der Waals surface area contributed by atoms with Crippen LogP contribution >= 0.6 is 0 Å². The molecule has 2 nitrogen and oxygen atoms in total. The van der Waals surface area contributed by atoms with Crippen molar-refractivity contribution in [2.45, 2.75) is 71.1 Å². The van der Waals surface area contributed by atoms with Crippen molar-refractivity contribution in [2.75, 3.05) is 6.54 Å². The Hall–Kier alpha value is -0.530. The molecular formula is C13H29NO. The van der Waals surface area contributed by atoms with Gasteiger partial charge in [0, 0.05) is 7.97 Å². The average molecular weight is 215 g/mol. The molecule has 0 rings (SSSR count). The monoisotopic (exact) mass is 215 g/mol. The van der Waals surface area contributed by atoms with Crippen LogP contribution in [0.25, 0.3) is 0 Å². The van der Waals surface area contributed by atoms with E-state index in [4.69, 9.17) is 0 Å². The first-order valence-corrected chi connectivity index (χ1v) is 6.59. The number of carbonyl (C=O) groups is 1. The quantitative estimate of drug-likeness (QED) is 0.388. The second kappa shape index (κ2) is 13.5. The summed E-state index contributed by atoms with van der Waals surface area (Å²) in [6, 6.07) is 0. The van der Waals surface area contributed by atoms with Gasteiger partial charge in [0.1, 0.15) is 0 Å². The van der Waals surface area contributed by atoms with Crippen LogP contribution in [0.2, 0.25) is 0 Å². The van der Waals surface area contributed by atoms with E-state index in [1.807, 2.05) is 0 Å². The van der Waals surface area contributed by atoms with Gasteiger partial charge in [0.15, 0.2) is 0 Å². The Morgan fingerprint density at radius 2 is 1.33 bits per heavy atom. The molecule has 0 fully saturated rings. The Morgan fingerprint density at radius 1 is 0.867 bits per heavy atom. The van der Waals surface area contributed by atoms with E-state index in [0.29, 0.717) is 0 Å². The molecule has 0 radical (unpaired) electrons. The highest BCUT2D eigenvalue weighted by molar-refractivity contribution is 5.45. The second-order valence-electron chi connectivity index (χ2n) is 4.25. The molecule has 0 atom stereocenters. The third kappa shape index (κ3) is 13.5. The summed E-state index contributed by atoms with van der Waals surface area (Å²) in [5.74, 6) is 0. The Balaban J connectivity index is 0. The van der Waals surface area contributed by atoms with Crippen molar-refractivity contribution in [3.63, 3.8) is 0 Å². The van der Waals surface area contributed by atoms with Gasteiger partial charge in [-0.25, -0.2) is 0 Å². The highest BCUT2D eigenvalue weighted by atomic mass is 16.1. The van der Waals surface area contributed by atoms with Crippen LogP contribution in [0.3, 0.4) is 0 Å². The molecule has 0 heterocycles. The van der Waals surface area contributed by atoms with Gasteiger partial charge in [-0.3, -0.25) is 4.79 Å². The number of nitrogens with one attached hydrogen (secondary N) is 1. The number of hydrogen-bond acceptors (Lipinski definition) is 1. The fourth-order valence-corrected chi connectivity index (χ4v) is 1.77. The lowest BCUT2D eigenvalue weighted by Crippen LogP contribution is -2.11. The third-order valence-corrected chi connectivity index (χ3v) is 2.76. The standard InChI is InChI=1S/C13H27NO.H2/c1-2-3-4-5-6-7-8-9-10-11-12-14-13-15;/h13H,2-12H2,1H3,(H,14,15);1H. The Bertz CT molecular complexity index is 131. The zero-order valence-electron chi connectivity index (χ0n) is 10.3. The van der Waals surface area contributed by atoms with E-state index in [1.54, 1.807) is 0 Å². The predicted octanol–water partition coefficient (Wildman–Crippen LogP) is 3.90. The number of rotatable bonds is 12. The molecule has 0 saturated carbocycles. The molecule has 15 heavy (non-hydrogen) atoms. The van der Waals surface area contributed by atoms with Crippen LogP contribution in [0.1, 0.15) is 72.6 Å². The maximum Gasteiger partial charge on any atom is 0.207 e. The summed E-state index contributed by atoms with van der Waals surface area (Å²) in [6.07, 6.45) is 14.2. The normalized spacial score (nSPS) is 10.2. The Morgan fingerprint density at radius 3 is 1.80 bits per heavy atom. The van der Waals surface area contributed by atoms with Crippen LogP contribution in [-0.2, 0) is 4.79 Å². The smallest absolute Gasteiger partial charge is 0.207 e. The van der Waals surface area contributed by atoms with Gasteiger partial charge in [0.2, 0.25) is 6.41 Å². The van der Waals surface area contributed by atoms with Gasteiger partial charge < -0.3 is 5.32 Å². The molecule has 2 heteroatoms. The largest absolute Gasteiger partial charge is 0.359 e. The van der Waals surface area contributed by atoms with Crippen LogP contribution in [0.4, 0.5) is 0 Å². The van der Waals surface area contributed by atoms with E-state index in [2.05, 4.69) is 12.2 Å². The fraction of sp³-hybridized carbons (Fsp3) is 0.923. The van der Waals surface area contributed by atoms with E-state index in [9.17, 15) is 4.79 Å². The van der Waals surface area contributed by atoms with E-state index in [0.717, 1.165) is 19.4 Å². The molecule has 1 N–H and O–H groups in total. The van der Waals surface area contributed by atoms with Gasteiger partial charge in [-0.05, 0) is 6.42 Å². The molecule has 0 aliphatic rings. The van der Waals surface area contributed by atoms with E-state index in [-0.39, 0.29) is 1.43 Å². The highest BCUT2D eigenvalue weighted by Gasteiger charge is 1.91. The minimum Gasteiger partial charge on any atom is -0.359 e. The lowest BCUT2D eigenvalue weighted by Gasteiger charge is -2.01. The van der Waals surface area contributed by atoms with Crippen LogP contribution in [-0.4, -0.2) is 13.0 Å². The van der Waals surface area contributed by atoms with Gasteiger partial charge in [-0.2, -0.15) is 0 Å². The zero-order valence-corrected chi connectivity index (χ0v) is 10.3. The van der Waals surface area contributed by atoms with E-state index in [1.165, 1.54) is 57.8 Å². The molecule has 0 saturated heterocycles. The number of hydrogen-bond donors (Lipinski definition) is 1. The molecule has 0 bridgehead atoms. The van der Waals surface area contributed by atoms with Crippen molar-refractivity contribution in [3.8, 4) is 0 Å². The lowest BCUT2D eigenvalue weighted by atomic mass is 10.1. The van der Waals surface area contributed by atoms with Crippen LogP contribution < -0.4 is 5.32 Å². The molecule has 0 aliphatic carbocycles. The fourth-order valence-electron chi connectivity index (χ4n) is 1.77. The number of amides is 1. The zero-order chi connectivity index (χ0) is 11.2. The van der Waals surface area contributed by atoms with E-state index >= 15 is 0 Å². The predicted molar refractivity (Wildman–Crippen MR) is 68.0 cm³/mol. The molecule has 0 aromatic carbocycles. The summed E-state index contributed by atoms with van der Waals surface area (Å²) < 4.78 is 0. The van der Waals surface area contributed by atoms with Crippen LogP contribution in [0.5, 0.6) is 0 Å². The molecule has 0 aliphatic heterocycles. The van der Waals surface area contributed by atoms with Gasteiger partial charge in [0.05, 0.1) is 0 Å². The molecule has 1 amide bonds. The molecule has 0 spiro atoms. The summed E-state index contributed by atoms with van der Waals surface area (Å²) in [5, 5.41) is 2.69. The molecule has 0 aromatic rings. The topological polar surface area (TPSA) is 29.1 Å². The molecule has 0 aromatic heterocycles. The minimum absolute atomic E-state index is 0. The number of carbonyl (C=O) groups excluding carboxylic acids is 1. The average Bonchev–Trinajstić information content (AvgIpc) is 2.26. The highest BCUT2D eigenvalue weighted by Crippen LogP contribution is 2.09.